The highest BCUT2D eigenvalue weighted by atomic mass is 16.5. The van der Waals surface area contributed by atoms with Crippen LogP contribution in [0.5, 0.6) is 0 Å². The van der Waals surface area contributed by atoms with Crippen molar-refractivity contribution in [3.63, 3.8) is 0 Å². The topological polar surface area (TPSA) is 98.1 Å². The molecular formula is C13H19N7O2. The number of methoxy groups -OCH3 is 1. The lowest BCUT2D eigenvalue weighted by Gasteiger charge is -2.38. The lowest BCUT2D eigenvalue weighted by atomic mass is 9.99. The minimum Gasteiger partial charge on any atom is -0.383 e. The van der Waals surface area contributed by atoms with E-state index in [9.17, 15) is 4.79 Å². The second kappa shape index (κ2) is 6.22. The number of amides is 1. The smallest absolute Gasteiger partial charge is 0.226 e. The maximum absolute atomic E-state index is 11.9. The average Bonchev–Trinajstić information content (AvgIpc) is 2.90. The standard InChI is InChI=1S/C13H19N7O2/c1-3-20-12-10(17-18-20)11(15-8-16-12)19-6-9(7-19)13(21)14-4-5-22-2/h8-9H,3-7H2,1-2H3,(H,14,21). The van der Waals surface area contributed by atoms with E-state index in [0.29, 0.717) is 38.3 Å². The van der Waals surface area contributed by atoms with E-state index in [0.717, 1.165) is 11.5 Å². The van der Waals surface area contributed by atoms with Crippen LogP contribution in [0.4, 0.5) is 5.82 Å². The molecule has 0 atom stereocenters. The Kier molecular flexibility index (Phi) is 4.14. The van der Waals surface area contributed by atoms with Crippen LogP contribution in [0.15, 0.2) is 6.33 Å². The molecule has 9 nitrogen and oxygen atoms in total. The first-order chi connectivity index (χ1) is 10.7. The van der Waals surface area contributed by atoms with Gasteiger partial charge in [0.15, 0.2) is 17.0 Å². The first kappa shape index (κ1) is 14.6. The highest BCUT2D eigenvalue weighted by molar-refractivity contribution is 5.86. The van der Waals surface area contributed by atoms with E-state index in [-0.39, 0.29) is 11.8 Å². The maximum atomic E-state index is 11.9. The van der Waals surface area contributed by atoms with Crippen LogP contribution in [0.25, 0.3) is 11.2 Å². The van der Waals surface area contributed by atoms with Gasteiger partial charge in [-0.1, -0.05) is 5.21 Å². The second-order valence-corrected chi connectivity index (χ2v) is 5.16. The summed E-state index contributed by atoms with van der Waals surface area (Å²) in [5.41, 5.74) is 1.41. The fraction of sp³-hybridized carbons (Fsp3) is 0.615. The van der Waals surface area contributed by atoms with Crippen molar-refractivity contribution in [3.8, 4) is 0 Å². The van der Waals surface area contributed by atoms with Gasteiger partial charge in [-0.05, 0) is 6.92 Å². The molecule has 1 aliphatic heterocycles. The molecule has 0 spiro atoms. The lowest BCUT2D eigenvalue weighted by molar-refractivity contribution is -0.125. The summed E-state index contributed by atoms with van der Waals surface area (Å²) in [6.07, 6.45) is 1.51. The monoisotopic (exact) mass is 305 g/mol. The quantitative estimate of drug-likeness (QED) is 0.714. The van der Waals surface area contributed by atoms with E-state index in [2.05, 4.69) is 25.6 Å². The third-order valence-electron chi connectivity index (χ3n) is 3.74. The molecule has 22 heavy (non-hydrogen) atoms. The van der Waals surface area contributed by atoms with Crippen molar-refractivity contribution in [3.05, 3.63) is 6.33 Å². The molecule has 0 aliphatic carbocycles. The predicted molar refractivity (Wildman–Crippen MR) is 79.4 cm³/mol. The van der Waals surface area contributed by atoms with Crippen LogP contribution in [0.2, 0.25) is 0 Å². The molecule has 1 amide bonds. The molecule has 0 unspecified atom stereocenters. The first-order valence-corrected chi connectivity index (χ1v) is 7.30. The zero-order valence-corrected chi connectivity index (χ0v) is 12.7. The molecule has 0 radical (unpaired) electrons. The molecule has 3 heterocycles. The molecule has 1 aliphatic rings. The number of nitrogens with one attached hydrogen (secondary N) is 1. The summed E-state index contributed by atoms with van der Waals surface area (Å²) in [6, 6.07) is 0. The zero-order chi connectivity index (χ0) is 15.5. The Hall–Kier alpha value is -2.29. The van der Waals surface area contributed by atoms with Crippen molar-refractivity contribution in [2.75, 3.05) is 38.3 Å². The molecule has 1 saturated heterocycles. The number of carbonyl (C=O) groups excluding carboxylic acids is 1. The molecule has 0 aromatic carbocycles. The summed E-state index contributed by atoms with van der Waals surface area (Å²) in [4.78, 5) is 22.5. The van der Waals surface area contributed by atoms with Gasteiger partial charge in [0.25, 0.3) is 0 Å². The van der Waals surface area contributed by atoms with Crippen molar-refractivity contribution in [1.82, 2.24) is 30.3 Å². The summed E-state index contributed by atoms with van der Waals surface area (Å²) in [5.74, 6) is 0.768. The van der Waals surface area contributed by atoms with E-state index in [4.69, 9.17) is 4.74 Å². The zero-order valence-electron chi connectivity index (χ0n) is 12.7. The third-order valence-corrected chi connectivity index (χ3v) is 3.74. The highest BCUT2D eigenvalue weighted by Gasteiger charge is 2.34. The number of aromatic nitrogens is 5. The van der Waals surface area contributed by atoms with E-state index < -0.39 is 0 Å². The van der Waals surface area contributed by atoms with Crippen molar-refractivity contribution < 1.29 is 9.53 Å². The summed E-state index contributed by atoms with van der Waals surface area (Å²) in [7, 11) is 1.61. The lowest BCUT2D eigenvalue weighted by Crippen LogP contribution is -2.54. The fourth-order valence-corrected chi connectivity index (χ4v) is 2.46. The maximum Gasteiger partial charge on any atom is 0.226 e. The molecule has 0 saturated carbocycles. The number of nitrogens with zero attached hydrogens (tertiary/aromatic N) is 6. The molecular weight excluding hydrogens is 286 g/mol. The molecule has 1 fully saturated rings. The SMILES string of the molecule is CCn1nnc2c(N3CC(C(=O)NCCOC)C3)ncnc21. The molecule has 0 bridgehead atoms. The fourth-order valence-electron chi connectivity index (χ4n) is 2.46. The van der Waals surface area contributed by atoms with Crippen LogP contribution in [-0.2, 0) is 16.1 Å². The Labute approximate surface area is 127 Å². The summed E-state index contributed by atoms with van der Waals surface area (Å²) in [6.45, 7) is 5.01. The van der Waals surface area contributed by atoms with Gasteiger partial charge in [0, 0.05) is 33.3 Å². The van der Waals surface area contributed by atoms with Crippen LogP contribution in [0.1, 0.15) is 6.92 Å². The van der Waals surface area contributed by atoms with Gasteiger partial charge < -0.3 is 15.0 Å². The van der Waals surface area contributed by atoms with Gasteiger partial charge >= 0.3 is 0 Å². The van der Waals surface area contributed by atoms with Crippen molar-refractivity contribution in [2.45, 2.75) is 13.5 Å². The molecule has 9 heteroatoms. The number of hydrogen-bond acceptors (Lipinski definition) is 7. The van der Waals surface area contributed by atoms with Gasteiger partial charge in [0.2, 0.25) is 5.91 Å². The van der Waals surface area contributed by atoms with Gasteiger partial charge in [0.1, 0.15) is 6.33 Å². The van der Waals surface area contributed by atoms with Crippen molar-refractivity contribution >= 4 is 22.9 Å². The van der Waals surface area contributed by atoms with Gasteiger partial charge in [0.05, 0.1) is 12.5 Å². The van der Waals surface area contributed by atoms with E-state index in [1.54, 1.807) is 11.8 Å². The molecule has 2 aromatic heterocycles. The Morgan fingerprint density at radius 2 is 2.27 bits per heavy atom. The Balaban J connectivity index is 1.66. The number of carbonyl (C=O) groups is 1. The van der Waals surface area contributed by atoms with Gasteiger partial charge in [-0.25, -0.2) is 14.6 Å². The number of hydrogen-bond donors (Lipinski definition) is 1. The van der Waals surface area contributed by atoms with Crippen molar-refractivity contribution in [1.29, 1.82) is 0 Å². The van der Waals surface area contributed by atoms with E-state index in [1.165, 1.54) is 6.33 Å². The highest BCUT2D eigenvalue weighted by Crippen LogP contribution is 2.27. The van der Waals surface area contributed by atoms with Gasteiger partial charge in [-0.15, -0.1) is 5.10 Å². The third kappa shape index (κ3) is 2.59. The first-order valence-electron chi connectivity index (χ1n) is 7.30. The average molecular weight is 305 g/mol. The summed E-state index contributed by atoms with van der Waals surface area (Å²) < 4.78 is 6.65. The molecule has 3 rings (SSSR count). The van der Waals surface area contributed by atoms with Crippen LogP contribution >= 0.6 is 0 Å². The molecule has 1 N–H and O–H groups in total. The van der Waals surface area contributed by atoms with Crippen LogP contribution in [0.3, 0.4) is 0 Å². The number of ether oxygens (including phenoxy) is 1. The Morgan fingerprint density at radius 3 is 3.00 bits per heavy atom. The number of anilines is 1. The second-order valence-electron chi connectivity index (χ2n) is 5.16. The largest absolute Gasteiger partial charge is 0.383 e. The van der Waals surface area contributed by atoms with E-state index >= 15 is 0 Å². The van der Waals surface area contributed by atoms with Crippen LogP contribution in [0, 0.1) is 5.92 Å². The Bertz CT molecular complexity index is 665. The van der Waals surface area contributed by atoms with E-state index in [1.807, 2.05) is 11.8 Å². The van der Waals surface area contributed by atoms with Crippen LogP contribution < -0.4 is 10.2 Å². The van der Waals surface area contributed by atoms with Gasteiger partial charge in [-0.3, -0.25) is 4.79 Å². The molecule has 118 valence electrons. The molecule has 2 aromatic rings. The Morgan fingerprint density at radius 1 is 1.45 bits per heavy atom. The summed E-state index contributed by atoms with van der Waals surface area (Å²) >= 11 is 0. The van der Waals surface area contributed by atoms with Crippen LogP contribution in [-0.4, -0.2) is 64.2 Å². The number of rotatable bonds is 6. The normalized spacial score (nSPS) is 15.1. The number of aryl methyl sites for hydroxylation is 1. The number of fused-ring (bicyclic) bond motifs is 1. The minimum atomic E-state index is -0.0249. The minimum absolute atomic E-state index is 0.0249. The summed E-state index contributed by atoms with van der Waals surface area (Å²) in [5, 5.41) is 11.1. The van der Waals surface area contributed by atoms with Crippen molar-refractivity contribution in [2.24, 2.45) is 5.92 Å². The predicted octanol–water partition coefficient (Wildman–Crippen LogP) is -0.560. The van der Waals surface area contributed by atoms with Gasteiger partial charge in [-0.2, -0.15) is 0 Å².